The van der Waals surface area contributed by atoms with E-state index in [1.54, 1.807) is 0 Å². The SMILES string of the molecule is CNc1cccc([C@H]2OC(CO)CC(O)C2O)c1. The third kappa shape index (κ3) is 2.64. The van der Waals surface area contributed by atoms with Crippen molar-refractivity contribution >= 4 is 5.69 Å². The van der Waals surface area contributed by atoms with Crippen molar-refractivity contribution in [2.45, 2.75) is 30.8 Å². The van der Waals surface area contributed by atoms with Gasteiger partial charge in [0.2, 0.25) is 0 Å². The summed E-state index contributed by atoms with van der Waals surface area (Å²) in [7, 11) is 1.81. The topological polar surface area (TPSA) is 82.0 Å². The van der Waals surface area contributed by atoms with E-state index in [1.165, 1.54) is 0 Å². The molecule has 1 heterocycles. The Kier molecular flexibility index (Phi) is 4.19. The van der Waals surface area contributed by atoms with Crippen LogP contribution in [-0.2, 0) is 4.74 Å². The van der Waals surface area contributed by atoms with E-state index in [4.69, 9.17) is 9.84 Å². The third-order valence-electron chi connectivity index (χ3n) is 3.26. The van der Waals surface area contributed by atoms with Crippen molar-refractivity contribution in [3.8, 4) is 0 Å². The van der Waals surface area contributed by atoms with Crippen LogP contribution in [0.4, 0.5) is 5.69 Å². The van der Waals surface area contributed by atoms with E-state index < -0.39 is 24.4 Å². The predicted octanol–water partition coefficient (Wildman–Crippen LogP) is 0.272. The molecule has 1 aromatic carbocycles. The summed E-state index contributed by atoms with van der Waals surface area (Å²) in [6, 6.07) is 7.45. The highest BCUT2D eigenvalue weighted by Crippen LogP contribution is 2.32. The Morgan fingerprint density at radius 1 is 1.39 bits per heavy atom. The van der Waals surface area contributed by atoms with Crippen LogP contribution < -0.4 is 5.32 Å². The number of anilines is 1. The first-order chi connectivity index (χ1) is 8.65. The van der Waals surface area contributed by atoms with E-state index >= 15 is 0 Å². The van der Waals surface area contributed by atoms with Crippen molar-refractivity contribution in [1.29, 1.82) is 0 Å². The molecule has 4 N–H and O–H groups in total. The number of nitrogens with one attached hydrogen (secondary N) is 1. The Labute approximate surface area is 106 Å². The summed E-state index contributed by atoms with van der Waals surface area (Å²) in [5.74, 6) is 0. The molecule has 0 aliphatic carbocycles. The van der Waals surface area contributed by atoms with Crippen molar-refractivity contribution in [2.24, 2.45) is 0 Å². The van der Waals surface area contributed by atoms with Gasteiger partial charge in [0.25, 0.3) is 0 Å². The summed E-state index contributed by atoms with van der Waals surface area (Å²) in [5.41, 5.74) is 1.69. The molecule has 1 fully saturated rings. The van der Waals surface area contributed by atoms with E-state index in [-0.39, 0.29) is 13.0 Å². The first-order valence-corrected chi connectivity index (χ1v) is 6.06. The molecular weight excluding hydrogens is 234 g/mol. The number of benzene rings is 1. The van der Waals surface area contributed by atoms with E-state index in [0.29, 0.717) is 0 Å². The zero-order valence-electron chi connectivity index (χ0n) is 10.3. The van der Waals surface area contributed by atoms with Gasteiger partial charge in [0, 0.05) is 19.2 Å². The number of ether oxygens (including phenoxy) is 1. The van der Waals surface area contributed by atoms with E-state index in [0.717, 1.165) is 11.3 Å². The molecule has 2 rings (SSSR count). The Morgan fingerprint density at radius 3 is 2.83 bits per heavy atom. The van der Waals surface area contributed by atoms with Crippen molar-refractivity contribution in [3.63, 3.8) is 0 Å². The van der Waals surface area contributed by atoms with Crippen molar-refractivity contribution in [1.82, 2.24) is 0 Å². The maximum Gasteiger partial charge on any atom is 0.111 e. The van der Waals surface area contributed by atoms with Crippen LogP contribution in [0.15, 0.2) is 24.3 Å². The standard InChI is InChI=1S/C13H19NO4/c1-14-9-4-2-3-8(5-9)13-12(17)11(16)6-10(7-15)18-13/h2-5,10-17H,6-7H2,1H3/t10?,11?,12?,13-/m1/s1. The van der Waals surface area contributed by atoms with Crippen LogP contribution in [-0.4, -0.2) is 47.3 Å². The van der Waals surface area contributed by atoms with Gasteiger partial charge in [0.15, 0.2) is 0 Å². The molecule has 4 atom stereocenters. The minimum atomic E-state index is -0.972. The lowest BCUT2D eigenvalue weighted by atomic mass is 9.93. The Balaban J connectivity index is 2.23. The Hall–Kier alpha value is -1.14. The predicted molar refractivity (Wildman–Crippen MR) is 67.3 cm³/mol. The van der Waals surface area contributed by atoms with Crippen LogP contribution in [0.25, 0.3) is 0 Å². The van der Waals surface area contributed by atoms with Gasteiger partial charge in [0.05, 0.1) is 18.8 Å². The maximum absolute atomic E-state index is 9.99. The molecule has 0 aromatic heterocycles. The quantitative estimate of drug-likeness (QED) is 0.622. The fourth-order valence-electron chi connectivity index (χ4n) is 2.22. The van der Waals surface area contributed by atoms with E-state index in [1.807, 2.05) is 31.3 Å². The molecule has 3 unspecified atom stereocenters. The highest BCUT2D eigenvalue weighted by molar-refractivity contribution is 5.45. The average molecular weight is 253 g/mol. The number of aliphatic hydroxyl groups is 3. The maximum atomic E-state index is 9.99. The largest absolute Gasteiger partial charge is 0.394 e. The van der Waals surface area contributed by atoms with Gasteiger partial charge in [-0.1, -0.05) is 12.1 Å². The van der Waals surface area contributed by atoms with Gasteiger partial charge in [-0.2, -0.15) is 0 Å². The van der Waals surface area contributed by atoms with Crippen LogP contribution in [0.3, 0.4) is 0 Å². The molecule has 1 aromatic rings. The highest BCUT2D eigenvalue weighted by atomic mass is 16.5. The highest BCUT2D eigenvalue weighted by Gasteiger charge is 2.37. The first-order valence-electron chi connectivity index (χ1n) is 6.06. The second-order valence-electron chi connectivity index (χ2n) is 4.53. The zero-order chi connectivity index (χ0) is 13.1. The lowest BCUT2D eigenvalue weighted by Crippen LogP contribution is -2.44. The summed E-state index contributed by atoms with van der Waals surface area (Å²) >= 11 is 0. The minimum Gasteiger partial charge on any atom is -0.394 e. The number of hydrogen-bond donors (Lipinski definition) is 4. The molecule has 0 saturated carbocycles. The van der Waals surface area contributed by atoms with E-state index in [9.17, 15) is 10.2 Å². The van der Waals surface area contributed by atoms with Crippen molar-refractivity contribution in [2.75, 3.05) is 19.0 Å². The van der Waals surface area contributed by atoms with E-state index in [2.05, 4.69) is 5.32 Å². The van der Waals surface area contributed by atoms with Gasteiger partial charge in [-0.3, -0.25) is 0 Å². The molecule has 100 valence electrons. The molecule has 18 heavy (non-hydrogen) atoms. The summed E-state index contributed by atoms with van der Waals surface area (Å²) in [4.78, 5) is 0. The second-order valence-corrected chi connectivity index (χ2v) is 4.53. The molecule has 0 bridgehead atoms. The van der Waals surface area contributed by atoms with Gasteiger partial charge >= 0.3 is 0 Å². The Morgan fingerprint density at radius 2 is 2.17 bits per heavy atom. The van der Waals surface area contributed by atoms with Crippen LogP contribution >= 0.6 is 0 Å². The zero-order valence-corrected chi connectivity index (χ0v) is 10.3. The van der Waals surface area contributed by atoms with Crippen molar-refractivity contribution < 1.29 is 20.1 Å². The smallest absolute Gasteiger partial charge is 0.111 e. The Bertz CT molecular complexity index is 398. The third-order valence-corrected chi connectivity index (χ3v) is 3.26. The van der Waals surface area contributed by atoms with Crippen LogP contribution in [0, 0.1) is 0 Å². The number of aliphatic hydroxyl groups excluding tert-OH is 3. The summed E-state index contributed by atoms with van der Waals surface area (Å²) in [6.07, 6.45) is -2.65. The lowest BCUT2D eigenvalue weighted by molar-refractivity contribution is -0.179. The minimum absolute atomic E-state index is 0.161. The molecule has 0 amide bonds. The number of hydrogen-bond acceptors (Lipinski definition) is 5. The molecule has 5 heteroatoms. The number of rotatable bonds is 3. The van der Waals surface area contributed by atoms with Gasteiger partial charge in [-0.05, 0) is 17.7 Å². The first kappa shape index (κ1) is 13.3. The van der Waals surface area contributed by atoms with Crippen LogP contribution in [0.1, 0.15) is 18.1 Å². The van der Waals surface area contributed by atoms with Gasteiger partial charge in [-0.15, -0.1) is 0 Å². The normalized spacial score (nSPS) is 32.2. The van der Waals surface area contributed by atoms with Crippen molar-refractivity contribution in [3.05, 3.63) is 29.8 Å². The molecular formula is C13H19NO4. The molecule has 5 nitrogen and oxygen atoms in total. The molecule has 1 aliphatic rings. The summed E-state index contributed by atoms with van der Waals surface area (Å²) in [6.45, 7) is -0.161. The summed E-state index contributed by atoms with van der Waals surface area (Å²) in [5, 5.41) is 31.9. The fourth-order valence-corrected chi connectivity index (χ4v) is 2.22. The lowest BCUT2D eigenvalue weighted by Gasteiger charge is -2.36. The molecule has 1 saturated heterocycles. The average Bonchev–Trinajstić information content (AvgIpc) is 2.41. The molecule has 0 radical (unpaired) electrons. The monoisotopic (exact) mass is 253 g/mol. The molecule has 0 spiro atoms. The van der Waals surface area contributed by atoms with Gasteiger partial charge in [-0.25, -0.2) is 0 Å². The molecule has 1 aliphatic heterocycles. The van der Waals surface area contributed by atoms with Crippen LogP contribution in [0.2, 0.25) is 0 Å². The van der Waals surface area contributed by atoms with Crippen LogP contribution in [0.5, 0.6) is 0 Å². The van der Waals surface area contributed by atoms with Gasteiger partial charge < -0.3 is 25.4 Å². The van der Waals surface area contributed by atoms with Gasteiger partial charge in [0.1, 0.15) is 12.2 Å². The summed E-state index contributed by atoms with van der Waals surface area (Å²) < 4.78 is 5.62. The second kappa shape index (κ2) is 5.67. The fraction of sp³-hybridized carbons (Fsp3) is 0.538.